The molecule has 0 saturated heterocycles. The standard InChI is InChI=1S/C16H12ClNO2/c1-9-3-4-11(7-10(9)2)15-18-14-6-5-12(17)8-13(14)16(19)20-15/h3-8H,1-2H3. The molecule has 0 aliphatic carbocycles. The van der Waals surface area contributed by atoms with Crippen molar-refractivity contribution in [1.29, 1.82) is 0 Å². The highest BCUT2D eigenvalue weighted by atomic mass is 35.5. The molecule has 0 saturated carbocycles. The summed E-state index contributed by atoms with van der Waals surface area (Å²) in [6, 6.07) is 10.8. The van der Waals surface area contributed by atoms with Crippen molar-refractivity contribution >= 4 is 22.5 Å². The van der Waals surface area contributed by atoms with Crippen molar-refractivity contribution in [3.8, 4) is 11.5 Å². The van der Waals surface area contributed by atoms with Gasteiger partial charge in [0.05, 0.1) is 10.9 Å². The van der Waals surface area contributed by atoms with E-state index >= 15 is 0 Å². The van der Waals surface area contributed by atoms with E-state index in [-0.39, 0.29) is 0 Å². The fraction of sp³-hybridized carbons (Fsp3) is 0.125. The highest BCUT2D eigenvalue weighted by Crippen LogP contribution is 2.22. The van der Waals surface area contributed by atoms with E-state index in [1.807, 2.05) is 32.0 Å². The number of aromatic nitrogens is 1. The van der Waals surface area contributed by atoms with E-state index in [1.54, 1.807) is 18.2 Å². The molecule has 0 N–H and O–H groups in total. The Kier molecular flexibility index (Phi) is 3.07. The second-order valence-electron chi connectivity index (χ2n) is 4.77. The van der Waals surface area contributed by atoms with Gasteiger partial charge in [-0.25, -0.2) is 9.78 Å². The van der Waals surface area contributed by atoms with Crippen LogP contribution in [0.2, 0.25) is 5.02 Å². The van der Waals surface area contributed by atoms with E-state index in [2.05, 4.69) is 4.98 Å². The average Bonchev–Trinajstić information content (AvgIpc) is 2.42. The van der Waals surface area contributed by atoms with Crippen LogP contribution in [0.3, 0.4) is 0 Å². The van der Waals surface area contributed by atoms with Gasteiger partial charge >= 0.3 is 5.63 Å². The van der Waals surface area contributed by atoms with Crippen LogP contribution in [0, 0.1) is 13.8 Å². The fourth-order valence-corrected chi connectivity index (χ4v) is 2.21. The van der Waals surface area contributed by atoms with Gasteiger partial charge in [-0.3, -0.25) is 0 Å². The van der Waals surface area contributed by atoms with Gasteiger partial charge in [-0.2, -0.15) is 0 Å². The lowest BCUT2D eigenvalue weighted by molar-refractivity contribution is 0.518. The lowest BCUT2D eigenvalue weighted by Crippen LogP contribution is -2.03. The van der Waals surface area contributed by atoms with E-state index in [9.17, 15) is 4.79 Å². The molecule has 20 heavy (non-hydrogen) atoms. The van der Waals surface area contributed by atoms with Crippen LogP contribution in [0.15, 0.2) is 45.6 Å². The maximum absolute atomic E-state index is 12.0. The molecule has 3 aromatic rings. The van der Waals surface area contributed by atoms with Crippen LogP contribution in [-0.2, 0) is 0 Å². The molecule has 0 unspecified atom stereocenters. The quantitative estimate of drug-likeness (QED) is 0.675. The Hall–Kier alpha value is -2.13. The summed E-state index contributed by atoms with van der Waals surface area (Å²) in [5, 5.41) is 0.885. The van der Waals surface area contributed by atoms with Crippen molar-refractivity contribution < 1.29 is 4.42 Å². The first kappa shape index (κ1) is 12.9. The number of aryl methyl sites for hydroxylation is 2. The lowest BCUT2D eigenvalue weighted by Gasteiger charge is -2.05. The number of hydrogen-bond donors (Lipinski definition) is 0. The van der Waals surface area contributed by atoms with E-state index in [1.165, 1.54) is 5.56 Å². The molecular formula is C16H12ClNO2. The summed E-state index contributed by atoms with van der Waals surface area (Å²) in [6.45, 7) is 4.04. The smallest absolute Gasteiger partial charge is 0.347 e. The van der Waals surface area contributed by atoms with E-state index in [0.29, 0.717) is 21.8 Å². The van der Waals surface area contributed by atoms with E-state index in [0.717, 1.165) is 11.1 Å². The van der Waals surface area contributed by atoms with Gasteiger partial charge in [0.2, 0.25) is 5.89 Å². The molecule has 100 valence electrons. The van der Waals surface area contributed by atoms with Gasteiger partial charge in [0.1, 0.15) is 0 Å². The summed E-state index contributed by atoms with van der Waals surface area (Å²) < 4.78 is 5.30. The van der Waals surface area contributed by atoms with Crippen molar-refractivity contribution in [3.05, 3.63) is 63.0 Å². The highest BCUT2D eigenvalue weighted by molar-refractivity contribution is 6.31. The van der Waals surface area contributed by atoms with Gasteiger partial charge in [-0.1, -0.05) is 17.7 Å². The van der Waals surface area contributed by atoms with Crippen molar-refractivity contribution in [1.82, 2.24) is 4.98 Å². The van der Waals surface area contributed by atoms with Gasteiger partial charge in [0.15, 0.2) is 0 Å². The van der Waals surface area contributed by atoms with Crippen LogP contribution in [0.1, 0.15) is 11.1 Å². The summed E-state index contributed by atoms with van der Waals surface area (Å²) in [6.07, 6.45) is 0. The first-order valence-electron chi connectivity index (χ1n) is 6.22. The molecule has 1 aromatic heterocycles. The molecule has 3 nitrogen and oxygen atoms in total. The Labute approximate surface area is 120 Å². The largest absolute Gasteiger partial charge is 0.403 e. The predicted octanol–water partition coefficient (Wildman–Crippen LogP) is 4.13. The summed E-state index contributed by atoms with van der Waals surface area (Å²) in [5.41, 5.74) is 3.26. The summed E-state index contributed by atoms with van der Waals surface area (Å²) in [4.78, 5) is 16.4. The van der Waals surface area contributed by atoms with Gasteiger partial charge in [-0.05, 0) is 55.3 Å². The van der Waals surface area contributed by atoms with Crippen LogP contribution in [-0.4, -0.2) is 4.98 Å². The molecule has 0 radical (unpaired) electrons. The third-order valence-electron chi connectivity index (χ3n) is 3.34. The van der Waals surface area contributed by atoms with Crippen LogP contribution in [0.25, 0.3) is 22.4 Å². The van der Waals surface area contributed by atoms with Gasteiger partial charge in [-0.15, -0.1) is 0 Å². The van der Waals surface area contributed by atoms with E-state index < -0.39 is 5.63 Å². The number of fused-ring (bicyclic) bond motifs is 1. The number of halogens is 1. The van der Waals surface area contributed by atoms with Gasteiger partial charge in [0, 0.05) is 10.6 Å². The second kappa shape index (κ2) is 4.76. The number of rotatable bonds is 1. The minimum absolute atomic E-state index is 0.327. The van der Waals surface area contributed by atoms with Crippen molar-refractivity contribution in [2.75, 3.05) is 0 Å². The Morgan fingerprint density at radius 2 is 1.85 bits per heavy atom. The first-order valence-corrected chi connectivity index (χ1v) is 6.60. The third kappa shape index (κ3) is 2.21. The molecule has 4 heteroatoms. The fourth-order valence-electron chi connectivity index (χ4n) is 2.04. The monoisotopic (exact) mass is 285 g/mol. The summed E-state index contributed by atoms with van der Waals surface area (Å²) >= 11 is 5.88. The maximum Gasteiger partial charge on any atom is 0.347 e. The number of nitrogens with zero attached hydrogens (tertiary/aromatic N) is 1. The molecule has 2 aromatic carbocycles. The van der Waals surface area contributed by atoms with Crippen LogP contribution >= 0.6 is 11.6 Å². The Morgan fingerprint density at radius 3 is 2.60 bits per heavy atom. The summed E-state index contributed by atoms with van der Waals surface area (Å²) in [5.74, 6) is 0.327. The van der Waals surface area contributed by atoms with Crippen molar-refractivity contribution in [2.24, 2.45) is 0 Å². The summed E-state index contributed by atoms with van der Waals surface area (Å²) in [7, 11) is 0. The van der Waals surface area contributed by atoms with Crippen molar-refractivity contribution in [2.45, 2.75) is 13.8 Å². The Balaban J connectivity index is 2.24. The van der Waals surface area contributed by atoms with Crippen LogP contribution in [0.5, 0.6) is 0 Å². The molecule has 0 amide bonds. The van der Waals surface area contributed by atoms with Crippen LogP contribution in [0.4, 0.5) is 0 Å². The zero-order valence-corrected chi connectivity index (χ0v) is 11.9. The zero-order valence-electron chi connectivity index (χ0n) is 11.1. The minimum atomic E-state index is -0.425. The van der Waals surface area contributed by atoms with Gasteiger partial charge in [0.25, 0.3) is 0 Å². The van der Waals surface area contributed by atoms with Crippen LogP contribution < -0.4 is 5.63 Å². The maximum atomic E-state index is 12.0. The average molecular weight is 286 g/mol. The molecule has 0 bridgehead atoms. The third-order valence-corrected chi connectivity index (χ3v) is 3.58. The molecule has 1 heterocycles. The molecule has 0 aliphatic heterocycles. The SMILES string of the molecule is Cc1ccc(-c2nc3ccc(Cl)cc3c(=O)o2)cc1C. The first-order chi connectivity index (χ1) is 9.54. The normalized spacial score (nSPS) is 10.9. The highest BCUT2D eigenvalue weighted by Gasteiger charge is 2.09. The Morgan fingerprint density at radius 1 is 1.05 bits per heavy atom. The minimum Gasteiger partial charge on any atom is -0.403 e. The van der Waals surface area contributed by atoms with Crippen molar-refractivity contribution in [3.63, 3.8) is 0 Å². The Bertz CT molecular complexity index is 868. The number of benzene rings is 2. The van der Waals surface area contributed by atoms with Gasteiger partial charge < -0.3 is 4.42 Å². The predicted molar refractivity (Wildman–Crippen MR) is 80.2 cm³/mol. The zero-order chi connectivity index (χ0) is 14.3. The molecular weight excluding hydrogens is 274 g/mol. The topological polar surface area (TPSA) is 43.1 Å². The molecule has 0 aliphatic rings. The molecule has 0 fully saturated rings. The molecule has 0 atom stereocenters. The molecule has 3 rings (SSSR count). The molecule has 0 spiro atoms. The lowest BCUT2D eigenvalue weighted by atomic mass is 10.1. The van der Waals surface area contributed by atoms with E-state index in [4.69, 9.17) is 16.0 Å². The second-order valence-corrected chi connectivity index (χ2v) is 5.20. The number of hydrogen-bond acceptors (Lipinski definition) is 3.